The number of hydrogen-bond acceptors (Lipinski definition) is 3. The van der Waals surface area contributed by atoms with Crippen LogP contribution in [0.1, 0.15) is 23.2 Å². The highest BCUT2D eigenvalue weighted by molar-refractivity contribution is 6.05. The van der Waals surface area contributed by atoms with Gasteiger partial charge >= 0.3 is 0 Å². The van der Waals surface area contributed by atoms with Crippen molar-refractivity contribution in [3.63, 3.8) is 0 Å². The van der Waals surface area contributed by atoms with Gasteiger partial charge in [-0.3, -0.25) is 9.78 Å². The predicted octanol–water partition coefficient (Wildman–Crippen LogP) is 2.39. The van der Waals surface area contributed by atoms with Crippen LogP contribution in [-0.4, -0.2) is 30.6 Å². The van der Waals surface area contributed by atoms with E-state index in [1.54, 1.807) is 12.3 Å². The van der Waals surface area contributed by atoms with Crippen LogP contribution in [0.2, 0.25) is 0 Å². The second-order valence-electron chi connectivity index (χ2n) is 5.17. The molecular weight excluding hydrogens is 252 g/mol. The first kappa shape index (κ1) is 13.1. The lowest BCUT2D eigenvalue weighted by molar-refractivity contribution is 0.0536. The Morgan fingerprint density at radius 1 is 1.35 bits per heavy atom. The minimum Gasteiger partial charge on any atom is -0.381 e. The van der Waals surface area contributed by atoms with Gasteiger partial charge in [0, 0.05) is 24.7 Å². The van der Waals surface area contributed by atoms with Crippen molar-refractivity contribution in [1.82, 2.24) is 10.3 Å². The van der Waals surface area contributed by atoms with E-state index in [2.05, 4.69) is 10.3 Å². The van der Waals surface area contributed by atoms with Gasteiger partial charge in [0.25, 0.3) is 5.91 Å². The van der Waals surface area contributed by atoms with Gasteiger partial charge in [0.05, 0.1) is 17.7 Å². The smallest absolute Gasteiger partial charge is 0.252 e. The molecule has 3 rings (SSSR count). The Balaban J connectivity index is 1.72. The summed E-state index contributed by atoms with van der Waals surface area (Å²) in [5, 5.41) is 3.91. The third-order valence-corrected chi connectivity index (χ3v) is 3.70. The van der Waals surface area contributed by atoms with E-state index in [1.807, 2.05) is 24.3 Å². The molecule has 2 heterocycles. The molecule has 1 saturated heterocycles. The molecule has 1 atom stereocenters. The molecule has 1 aromatic heterocycles. The van der Waals surface area contributed by atoms with Crippen LogP contribution in [-0.2, 0) is 4.74 Å². The third kappa shape index (κ3) is 2.80. The number of rotatable bonds is 3. The van der Waals surface area contributed by atoms with Gasteiger partial charge in [-0.2, -0.15) is 0 Å². The lowest BCUT2D eigenvalue weighted by Gasteiger charge is -2.22. The molecule has 1 N–H and O–H groups in total. The summed E-state index contributed by atoms with van der Waals surface area (Å²) in [4.78, 5) is 16.6. The molecule has 1 aliphatic rings. The molecule has 1 unspecified atom stereocenters. The Bertz CT molecular complexity index is 601. The monoisotopic (exact) mass is 270 g/mol. The Kier molecular flexibility index (Phi) is 3.92. The number of pyridine rings is 1. The van der Waals surface area contributed by atoms with Gasteiger partial charge in [0.2, 0.25) is 0 Å². The average Bonchev–Trinajstić information content (AvgIpc) is 2.53. The second-order valence-corrected chi connectivity index (χ2v) is 5.17. The zero-order valence-electron chi connectivity index (χ0n) is 11.3. The third-order valence-electron chi connectivity index (χ3n) is 3.70. The van der Waals surface area contributed by atoms with E-state index in [0.29, 0.717) is 18.0 Å². The Morgan fingerprint density at radius 2 is 2.25 bits per heavy atom. The van der Waals surface area contributed by atoms with Gasteiger partial charge in [0.15, 0.2) is 0 Å². The van der Waals surface area contributed by atoms with E-state index >= 15 is 0 Å². The van der Waals surface area contributed by atoms with Crippen molar-refractivity contribution in [3.8, 4) is 0 Å². The van der Waals surface area contributed by atoms with E-state index in [4.69, 9.17) is 4.74 Å². The molecule has 4 nitrogen and oxygen atoms in total. The van der Waals surface area contributed by atoms with Crippen molar-refractivity contribution in [1.29, 1.82) is 0 Å². The van der Waals surface area contributed by atoms with E-state index in [1.165, 1.54) is 0 Å². The van der Waals surface area contributed by atoms with Crippen molar-refractivity contribution in [2.45, 2.75) is 12.8 Å². The van der Waals surface area contributed by atoms with Crippen molar-refractivity contribution in [2.24, 2.45) is 5.92 Å². The fraction of sp³-hybridized carbons (Fsp3) is 0.375. The molecule has 1 aliphatic heterocycles. The predicted molar refractivity (Wildman–Crippen MR) is 77.6 cm³/mol. The summed E-state index contributed by atoms with van der Waals surface area (Å²) < 4.78 is 5.43. The van der Waals surface area contributed by atoms with Crippen LogP contribution in [0.3, 0.4) is 0 Å². The molecule has 0 spiro atoms. The van der Waals surface area contributed by atoms with Gasteiger partial charge in [-0.05, 0) is 30.9 Å². The summed E-state index contributed by atoms with van der Waals surface area (Å²) in [5.41, 5.74) is 1.54. The first-order valence-corrected chi connectivity index (χ1v) is 7.04. The van der Waals surface area contributed by atoms with Crippen LogP contribution >= 0.6 is 0 Å². The maximum Gasteiger partial charge on any atom is 0.252 e. The number of hydrogen-bond donors (Lipinski definition) is 1. The highest BCUT2D eigenvalue weighted by Gasteiger charge is 2.16. The molecule has 20 heavy (non-hydrogen) atoms. The summed E-state index contributed by atoms with van der Waals surface area (Å²) >= 11 is 0. The number of nitrogens with zero attached hydrogens (tertiary/aromatic N) is 1. The number of nitrogens with one attached hydrogen (secondary N) is 1. The molecule has 4 heteroatoms. The normalized spacial score (nSPS) is 18.9. The van der Waals surface area contributed by atoms with E-state index in [9.17, 15) is 4.79 Å². The number of amides is 1. The summed E-state index contributed by atoms with van der Waals surface area (Å²) in [6.07, 6.45) is 3.89. The fourth-order valence-electron chi connectivity index (χ4n) is 2.59. The summed E-state index contributed by atoms with van der Waals surface area (Å²) in [5.74, 6) is 0.398. The van der Waals surface area contributed by atoms with E-state index in [0.717, 1.165) is 37.0 Å². The number of aromatic nitrogens is 1. The molecule has 0 saturated carbocycles. The average molecular weight is 270 g/mol. The number of benzene rings is 1. The minimum absolute atomic E-state index is 0.0332. The molecule has 1 amide bonds. The lowest BCUT2D eigenvalue weighted by Crippen LogP contribution is -2.33. The number of ether oxygens (including phenoxy) is 1. The molecule has 104 valence electrons. The fourth-order valence-corrected chi connectivity index (χ4v) is 2.59. The van der Waals surface area contributed by atoms with Gasteiger partial charge in [0.1, 0.15) is 0 Å². The van der Waals surface area contributed by atoms with Crippen LogP contribution in [0.4, 0.5) is 0 Å². The van der Waals surface area contributed by atoms with E-state index in [-0.39, 0.29) is 5.91 Å². The molecule has 1 fully saturated rings. The van der Waals surface area contributed by atoms with Crippen LogP contribution < -0.4 is 5.32 Å². The van der Waals surface area contributed by atoms with Crippen molar-refractivity contribution >= 4 is 16.8 Å². The van der Waals surface area contributed by atoms with Crippen LogP contribution in [0.15, 0.2) is 36.5 Å². The summed E-state index contributed by atoms with van der Waals surface area (Å²) in [6.45, 7) is 2.27. The molecule has 2 aromatic rings. The lowest BCUT2D eigenvalue weighted by atomic mass is 10.0. The number of carbonyl (C=O) groups excluding carboxylic acids is 1. The second kappa shape index (κ2) is 6.01. The Labute approximate surface area is 118 Å². The first-order chi connectivity index (χ1) is 9.84. The van der Waals surface area contributed by atoms with Gasteiger partial charge in [-0.25, -0.2) is 0 Å². The van der Waals surface area contributed by atoms with Gasteiger partial charge < -0.3 is 10.1 Å². The highest BCUT2D eigenvalue weighted by Crippen LogP contribution is 2.17. The number of para-hydroxylation sites is 1. The number of fused-ring (bicyclic) bond motifs is 1. The van der Waals surface area contributed by atoms with Gasteiger partial charge in [-0.1, -0.05) is 18.2 Å². The summed E-state index contributed by atoms with van der Waals surface area (Å²) in [6, 6.07) is 9.48. The van der Waals surface area contributed by atoms with Crippen molar-refractivity contribution < 1.29 is 9.53 Å². The zero-order chi connectivity index (χ0) is 13.8. The van der Waals surface area contributed by atoms with Crippen LogP contribution in [0.25, 0.3) is 10.9 Å². The number of carbonyl (C=O) groups is 1. The van der Waals surface area contributed by atoms with E-state index < -0.39 is 0 Å². The van der Waals surface area contributed by atoms with Crippen LogP contribution in [0, 0.1) is 5.92 Å². The first-order valence-electron chi connectivity index (χ1n) is 7.04. The zero-order valence-corrected chi connectivity index (χ0v) is 11.3. The topological polar surface area (TPSA) is 51.2 Å². The molecule has 1 aromatic carbocycles. The minimum atomic E-state index is -0.0332. The molecule has 0 bridgehead atoms. The summed E-state index contributed by atoms with van der Waals surface area (Å²) in [7, 11) is 0. The molecule has 0 radical (unpaired) electrons. The SMILES string of the molecule is O=C(NCC1CCCOC1)c1ccnc2ccccc12. The van der Waals surface area contributed by atoms with Crippen molar-refractivity contribution in [3.05, 3.63) is 42.1 Å². The van der Waals surface area contributed by atoms with Gasteiger partial charge in [-0.15, -0.1) is 0 Å². The molecular formula is C16H18N2O2. The molecule has 0 aliphatic carbocycles. The Morgan fingerprint density at radius 3 is 3.10 bits per heavy atom. The largest absolute Gasteiger partial charge is 0.381 e. The Hall–Kier alpha value is -1.94. The standard InChI is InChI=1S/C16H18N2O2/c19-16(18-10-12-4-3-9-20-11-12)14-7-8-17-15-6-2-1-5-13(14)15/h1-2,5-8,12H,3-4,9-11H2,(H,18,19). The maximum atomic E-state index is 12.3. The van der Waals surface area contributed by atoms with Crippen LogP contribution in [0.5, 0.6) is 0 Å². The highest BCUT2D eigenvalue weighted by atomic mass is 16.5. The van der Waals surface area contributed by atoms with Crippen molar-refractivity contribution in [2.75, 3.05) is 19.8 Å². The maximum absolute atomic E-state index is 12.3. The quantitative estimate of drug-likeness (QED) is 0.931.